The highest BCUT2D eigenvalue weighted by molar-refractivity contribution is 5.95. The molecule has 1 aromatic carbocycles. The molecule has 0 heterocycles. The summed E-state index contributed by atoms with van der Waals surface area (Å²) >= 11 is 0. The van der Waals surface area contributed by atoms with Gasteiger partial charge in [-0.25, -0.2) is 0 Å². The van der Waals surface area contributed by atoms with Gasteiger partial charge in [-0.2, -0.15) is 0 Å². The van der Waals surface area contributed by atoms with E-state index in [0.717, 1.165) is 0 Å². The molecule has 3 N–H and O–H groups in total. The van der Waals surface area contributed by atoms with Crippen molar-refractivity contribution < 1.29 is 14.3 Å². The second-order valence-corrected chi connectivity index (χ2v) is 3.38. The normalized spacial score (nSPS) is 10.7. The number of benzene rings is 1. The van der Waals surface area contributed by atoms with E-state index in [2.05, 4.69) is 11.9 Å². The topological polar surface area (TPSA) is 73.6 Å². The molecule has 0 saturated carbocycles. The zero-order chi connectivity index (χ0) is 13.5. The van der Waals surface area contributed by atoms with Gasteiger partial charge in [0.2, 0.25) is 5.91 Å². The highest BCUT2D eigenvalue weighted by atomic mass is 16.5. The Bertz CT molecular complexity index is 481. The third-order valence-corrected chi connectivity index (χ3v) is 2.25. The van der Waals surface area contributed by atoms with Crippen molar-refractivity contribution in [2.24, 2.45) is 5.73 Å². The maximum absolute atomic E-state index is 11.3. The second kappa shape index (κ2) is 6.34. The first-order chi connectivity index (χ1) is 8.62. The number of carbonyl (C=O) groups excluding carboxylic acids is 1. The predicted molar refractivity (Wildman–Crippen MR) is 70.1 cm³/mol. The van der Waals surface area contributed by atoms with Gasteiger partial charge in [0.05, 0.1) is 14.2 Å². The van der Waals surface area contributed by atoms with Crippen molar-refractivity contribution >= 4 is 11.6 Å². The molecule has 1 amide bonds. The molecule has 0 fully saturated rings. The van der Waals surface area contributed by atoms with Crippen LogP contribution in [0, 0.1) is 0 Å². The quantitative estimate of drug-likeness (QED) is 0.769. The lowest BCUT2D eigenvalue weighted by Gasteiger charge is -2.09. The van der Waals surface area contributed by atoms with Gasteiger partial charge in [0.25, 0.3) is 0 Å². The third kappa shape index (κ3) is 3.28. The SMILES string of the molecule is C=CNC(=O)/C=C(\N)c1ccc(OC)c(OC)c1. The van der Waals surface area contributed by atoms with Gasteiger partial charge in [0, 0.05) is 17.3 Å². The molecule has 5 nitrogen and oxygen atoms in total. The van der Waals surface area contributed by atoms with Crippen molar-refractivity contribution in [3.05, 3.63) is 42.6 Å². The minimum atomic E-state index is -0.336. The van der Waals surface area contributed by atoms with Crippen molar-refractivity contribution in [2.45, 2.75) is 0 Å². The van der Waals surface area contributed by atoms with Crippen LogP contribution in [0.4, 0.5) is 0 Å². The van der Waals surface area contributed by atoms with Gasteiger partial charge in [0.1, 0.15) is 0 Å². The molecule has 0 atom stereocenters. The summed E-state index contributed by atoms with van der Waals surface area (Å²) in [6.07, 6.45) is 2.57. The molecular formula is C13H16N2O3. The fourth-order valence-corrected chi connectivity index (χ4v) is 1.38. The Kier molecular flexibility index (Phi) is 4.80. The van der Waals surface area contributed by atoms with E-state index in [-0.39, 0.29) is 5.91 Å². The fourth-order valence-electron chi connectivity index (χ4n) is 1.38. The van der Waals surface area contributed by atoms with Crippen LogP contribution in [0.5, 0.6) is 11.5 Å². The Labute approximate surface area is 106 Å². The molecule has 5 heteroatoms. The first-order valence-corrected chi connectivity index (χ1v) is 5.23. The van der Waals surface area contributed by atoms with Gasteiger partial charge in [-0.1, -0.05) is 6.58 Å². The fraction of sp³-hybridized carbons (Fsp3) is 0.154. The van der Waals surface area contributed by atoms with Gasteiger partial charge in [-0.15, -0.1) is 0 Å². The molecule has 0 bridgehead atoms. The van der Waals surface area contributed by atoms with Crippen LogP contribution in [0.15, 0.2) is 37.1 Å². The van der Waals surface area contributed by atoms with Crippen LogP contribution >= 0.6 is 0 Å². The number of nitrogens with one attached hydrogen (secondary N) is 1. The lowest BCUT2D eigenvalue weighted by Crippen LogP contribution is -2.15. The minimum Gasteiger partial charge on any atom is -0.493 e. The first kappa shape index (κ1) is 13.6. The molecule has 0 aliphatic rings. The van der Waals surface area contributed by atoms with Gasteiger partial charge < -0.3 is 20.5 Å². The Hall–Kier alpha value is -2.43. The molecule has 18 heavy (non-hydrogen) atoms. The van der Waals surface area contributed by atoms with E-state index in [4.69, 9.17) is 15.2 Å². The summed E-state index contributed by atoms with van der Waals surface area (Å²) in [6, 6.07) is 5.17. The maximum Gasteiger partial charge on any atom is 0.249 e. The summed E-state index contributed by atoms with van der Waals surface area (Å²) < 4.78 is 10.3. The number of ether oxygens (including phenoxy) is 2. The number of methoxy groups -OCH3 is 2. The van der Waals surface area contributed by atoms with Crippen LogP contribution in [-0.4, -0.2) is 20.1 Å². The van der Waals surface area contributed by atoms with E-state index in [9.17, 15) is 4.79 Å². The zero-order valence-electron chi connectivity index (χ0n) is 10.4. The average Bonchev–Trinajstić information content (AvgIpc) is 2.38. The monoisotopic (exact) mass is 248 g/mol. The average molecular weight is 248 g/mol. The number of hydrogen-bond acceptors (Lipinski definition) is 4. The van der Waals surface area contributed by atoms with E-state index < -0.39 is 0 Å². The predicted octanol–water partition coefficient (Wildman–Crippen LogP) is 1.26. The zero-order valence-corrected chi connectivity index (χ0v) is 10.4. The number of hydrogen-bond donors (Lipinski definition) is 2. The molecule has 1 aromatic rings. The second-order valence-electron chi connectivity index (χ2n) is 3.38. The van der Waals surface area contributed by atoms with Crippen LogP contribution in [0.3, 0.4) is 0 Å². The third-order valence-electron chi connectivity index (χ3n) is 2.25. The number of nitrogens with two attached hydrogens (primary N) is 1. The Morgan fingerprint density at radius 2 is 2.00 bits per heavy atom. The van der Waals surface area contributed by atoms with E-state index >= 15 is 0 Å². The molecule has 0 spiro atoms. The summed E-state index contributed by atoms with van der Waals surface area (Å²) in [5.74, 6) is 0.817. The van der Waals surface area contributed by atoms with Crippen LogP contribution in [0.25, 0.3) is 5.70 Å². The van der Waals surface area contributed by atoms with Crippen LogP contribution in [-0.2, 0) is 4.79 Å². The lowest BCUT2D eigenvalue weighted by molar-refractivity contribution is -0.115. The van der Waals surface area contributed by atoms with Crippen LogP contribution in [0.1, 0.15) is 5.56 Å². The summed E-state index contributed by atoms with van der Waals surface area (Å²) in [5, 5.41) is 2.41. The highest BCUT2D eigenvalue weighted by Crippen LogP contribution is 2.29. The summed E-state index contributed by atoms with van der Waals surface area (Å²) in [7, 11) is 3.08. The highest BCUT2D eigenvalue weighted by Gasteiger charge is 2.06. The van der Waals surface area contributed by atoms with E-state index in [1.807, 2.05) is 0 Å². The molecule has 0 unspecified atom stereocenters. The Balaban J connectivity index is 3.03. The molecular weight excluding hydrogens is 232 g/mol. The van der Waals surface area contributed by atoms with Gasteiger partial charge in [0.15, 0.2) is 11.5 Å². The van der Waals surface area contributed by atoms with E-state index in [0.29, 0.717) is 22.8 Å². The first-order valence-electron chi connectivity index (χ1n) is 5.23. The number of amides is 1. The van der Waals surface area contributed by atoms with Crippen molar-refractivity contribution in [2.75, 3.05) is 14.2 Å². The van der Waals surface area contributed by atoms with E-state index in [1.165, 1.54) is 19.4 Å². The molecule has 96 valence electrons. The van der Waals surface area contributed by atoms with Gasteiger partial charge in [-0.05, 0) is 24.4 Å². The molecule has 0 aliphatic carbocycles. The molecule has 1 rings (SSSR count). The molecule has 0 aliphatic heterocycles. The Morgan fingerprint density at radius 3 is 2.56 bits per heavy atom. The standard InChI is InChI=1S/C13H16N2O3/c1-4-15-13(16)8-10(14)9-5-6-11(17-2)12(7-9)18-3/h4-8H,1,14H2,2-3H3,(H,15,16)/b10-8-. The van der Waals surface area contributed by atoms with Crippen molar-refractivity contribution in [3.8, 4) is 11.5 Å². The molecule has 0 saturated heterocycles. The van der Waals surface area contributed by atoms with Gasteiger partial charge >= 0.3 is 0 Å². The van der Waals surface area contributed by atoms with E-state index in [1.54, 1.807) is 25.3 Å². The maximum atomic E-state index is 11.3. The molecule has 0 aromatic heterocycles. The summed E-state index contributed by atoms with van der Waals surface area (Å²) in [5.41, 5.74) is 6.81. The smallest absolute Gasteiger partial charge is 0.249 e. The van der Waals surface area contributed by atoms with Crippen LogP contribution in [0.2, 0.25) is 0 Å². The largest absolute Gasteiger partial charge is 0.493 e. The van der Waals surface area contributed by atoms with Gasteiger partial charge in [-0.3, -0.25) is 4.79 Å². The van der Waals surface area contributed by atoms with Crippen molar-refractivity contribution in [1.29, 1.82) is 0 Å². The molecule has 0 radical (unpaired) electrons. The summed E-state index contributed by atoms with van der Waals surface area (Å²) in [4.78, 5) is 11.3. The van der Waals surface area contributed by atoms with Crippen molar-refractivity contribution in [3.63, 3.8) is 0 Å². The number of rotatable bonds is 5. The van der Waals surface area contributed by atoms with Crippen LogP contribution < -0.4 is 20.5 Å². The summed E-state index contributed by atoms with van der Waals surface area (Å²) in [6.45, 7) is 3.39. The lowest BCUT2D eigenvalue weighted by atomic mass is 10.1. The Morgan fingerprint density at radius 1 is 1.33 bits per heavy atom. The van der Waals surface area contributed by atoms with Crippen molar-refractivity contribution in [1.82, 2.24) is 5.32 Å². The number of carbonyl (C=O) groups is 1. The minimum absolute atomic E-state index is 0.329.